The zero-order valence-electron chi connectivity index (χ0n) is 14.6. The Kier molecular flexibility index (Phi) is 3.92. The van der Waals surface area contributed by atoms with Crippen molar-refractivity contribution in [2.45, 2.75) is 38.3 Å². The maximum atomic E-state index is 10.5. The fourth-order valence-electron chi connectivity index (χ4n) is 4.43. The van der Waals surface area contributed by atoms with Gasteiger partial charge in [0.05, 0.1) is 17.5 Å². The van der Waals surface area contributed by atoms with Crippen LogP contribution in [0, 0.1) is 11.8 Å². The van der Waals surface area contributed by atoms with E-state index in [0.717, 1.165) is 49.4 Å². The second-order valence-corrected chi connectivity index (χ2v) is 7.47. The van der Waals surface area contributed by atoms with E-state index in [0.29, 0.717) is 11.8 Å². The third-order valence-corrected chi connectivity index (χ3v) is 5.77. The average Bonchev–Trinajstić information content (AvgIpc) is 3.18. The molecule has 24 heavy (non-hydrogen) atoms. The third kappa shape index (κ3) is 2.56. The predicted molar refractivity (Wildman–Crippen MR) is 92.1 cm³/mol. The molecule has 0 unspecified atom stereocenters. The van der Waals surface area contributed by atoms with Gasteiger partial charge in [0.2, 0.25) is 5.65 Å². The van der Waals surface area contributed by atoms with Crippen LogP contribution in [0.15, 0.2) is 12.4 Å². The topological polar surface area (TPSA) is 69.8 Å². The van der Waals surface area contributed by atoms with Crippen molar-refractivity contribution in [2.24, 2.45) is 11.8 Å². The molecule has 2 aromatic rings. The van der Waals surface area contributed by atoms with E-state index in [4.69, 9.17) is 0 Å². The van der Waals surface area contributed by atoms with Gasteiger partial charge in [0.15, 0.2) is 0 Å². The molecule has 1 saturated heterocycles. The maximum Gasteiger partial charge on any atom is 0.200 e. The van der Waals surface area contributed by atoms with Crippen molar-refractivity contribution in [1.82, 2.24) is 24.7 Å². The van der Waals surface area contributed by atoms with Crippen molar-refractivity contribution in [2.75, 3.05) is 32.1 Å². The summed E-state index contributed by atoms with van der Waals surface area (Å²) < 4.78 is 1.79. The minimum absolute atomic E-state index is 0.224. The highest BCUT2D eigenvalue weighted by molar-refractivity contribution is 5.68. The lowest BCUT2D eigenvalue weighted by Crippen LogP contribution is -2.46. The van der Waals surface area contributed by atoms with Crippen LogP contribution in [-0.2, 0) is 6.42 Å². The van der Waals surface area contributed by atoms with E-state index in [-0.39, 0.29) is 12.1 Å². The second-order valence-electron chi connectivity index (χ2n) is 7.47. The quantitative estimate of drug-likeness (QED) is 0.899. The number of nitrogens with zero attached hydrogens (tertiary/aromatic N) is 6. The van der Waals surface area contributed by atoms with Gasteiger partial charge < -0.3 is 14.9 Å². The van der Waals surface area contributed by atoms with E-state index in [9.17, 15) is 5.11 Å². The van der Waals surface area contributed by atoms with Crippen LogP contribution in [0.1, 0.15) is 25.5 Å². The van der Waals surface area contributed by atoms with Crippen LogP contribution in [-0.4, -0.2) is 69.1 Å². The molecule has 0 spiro atoms. The summed E-state index contributed by atoms with van der Waals surface area (Å²) in [5.41, 5.74) is 3.01. The molecule has 0 bridgehead atoms. The lowest BCUT2D eigenvalue weighted by molar-refractivity contribution is 0.00942. The van der Waals surface area contributed by atoms with Gasteiger partial charge in [0, 0.05) is 19.1 Å². The predicted octanol–water partition coefficient (Wildman–Crippen LogP) is 0.824. The summed E-state index contributed by atoms with van der Waals surface area (Å²) in [6.07, 6.45) is 4.29. The Morgan fingerprint density at radius 3 is 2.71 bits per heavy atom. The molecule has 3 heterocycles. The van der Waals surface area contributed by atoms with Crippen LogP contribution < -0.4 is 4.90 Å². The minimum Gasteiger partial charge on any atom is -0.391 e. The standard InChI is InChI=1S/C17H26N6O/c1-4-13-7-15(17-19-18-10-23(17)20-13)22-8-11-5-14(21(2)3)16(24)6-12(11)9-22/h7,10-12,14,16,24H,4-6,8-9H2,1-3H3/t11-,12+,14-,16-/m1/s1. The Hall–Kier alpha value is -1.73. The van der Waals surface area contributed by atoms with E-state index in [1.54, 1.807) is 10.8 Å². The SMILES string of the molecule is CCc1cc(N2C[C@H]3C[C@@H](N(C)C)[C@H](O)C[C@H]3C2)c2nncn2n1. The van der Waals surface area contributed by atoms with Gasteiger partial charge in [-0.2, -0.15) is 9.61 Å². The van der Waals surface area contributed by atoms with Gasteiger partial charge in [-0.25, -0.2) is 0 Å². The lowest BCUT2D eigenvalue weighted by Gasteiger charge is -2.38. The van der Waals surface area contributed by atoms with Crippen LogP contribution in [0.3, 0.4) is 0 Å². The third-order valence-electron chi connectivity index (χ3n) is 5.77. The van der Waals surface area contributed by atoms with E-state index >= 15 is 0 Å². The van der Waals surface area contributed by atoms with Gasteiger partial charge in [-0.05, 0) is 51.3 Å². The van der Waals surface area contributed by atoms with Crippen LogP contribution in [0.4, 0.5) is 5.69 Å². The number of hydrogen-bond donors (Lipinski definition) is 1. The number of aliphatic hydroxyl groups is 1. The number of fused-ring (bicyclic) bond motifs is 2. The number of aryl methyl sites for hydroxylation is 1. The van der Waals surface area contributed by atoms with E-state index in [1.165, 1.54) is 0 Å². The van der Waals surface area contributed by atoms with Gasteiger partial charge in [0.25, 0.3) is 0 Å². The fraction of sp³-hybridized carbons (Fsp3) is 0.706. The zero-order valence-corrected chi connectivity index (χ0v) is 14.6. The first-order valence-corrected chi connectivity index (χ1v) is 8.86. The molecule has 7 heteroatoms. The summed E-state index contributed by atoms with van der Waals surface area (Å²) >= 11 is 0. The van der Waals surface area contributed by atoms with E-state index < -0.39 is 0 Å². The van der Waals surface area contributed by atoms with Gasteiger partial charge in [-0.1, -0.05) is 6.92 Å². The number of hydrogen-bond acceptors (Lipinski definition) is 6. The molecule has 0 aromatic carbocycles. The summed E-state index contributed by atoms with van der Waals surface area (Å²) in [7, 11) is 4.13. The Labute approximate surface area is 142 Å². The highest BCUT2D eigenvalue weighted by Gasteiger charge is 2.42. The Morgan fingerprint density at radius 1 is 1.25 bits per heavy atom. The van der Waals surface area contributed by atoms with Crippen molar-refractivity contribution < 1.29 is 5.11 Å². The lowest BCUT2D eigenvalue weighted by atomic mass is 9.77. The minimum atomic E-state index is -0.224. The van der Waals surface area contributed by atoms with Gasteiger partial charge >= 0.3 is 0 Å². The van der Waals surface area contributed by atoms with E-state index in [2.05, 4.69) is 52.2 Å². The molecule has 1 aliphatic carbocycles. The first kappa shape index (κ1) is 15.8. The smallest absolute Gasteiger partial charge is 0.200 e. The van der Waals surface area contributed by atoms with Gasteiger partial charge in [0.1, 0.15) is 6.33 Å². The molecule has 2 fully saturated rings. The highest BCUT2D eigenvalue weighted by Crippen LogP contribution is 2.40. The van der Waals surface area contributed by atoms with Crippen molar-refractivity contribution in [3.63, 3.8) is 0 Å². The second kappa shape index (κ2) is 5.97. The summed E-state index contributed by atoms with van der Waals surface area (Å²) in [5.74, 6) is 1.18. The summed E-state index contributed by atoms with van der Waals surface area (Å²) in [6, 6.07) is 2.42. The molecule has 1 aliphatic heterocycles. The number of rotatable bonds is 3. The van der Waals surface area contributed by atoms with Crippen molar-refractivity contribution in [3.8, 4) is 0 Å². The monoisotopic (exact) mass is 330 g/mol. The summed E-state index contributed by atoms with van der Waals surface area (Å²) in [4.78, 5) is 4.59. The molecule has 7 nitrogen and oxygen atoms in total. The van der Waals surface area contributed by atoms with Crippen molar-refractivity contribution in [1.29, 1.82) is 0 Å². The molecule has 4 rings (SSSR count). The van der Waals surface area contributed by atoms with Crippen LogP contribution >= 0.6 is 0 Å². The van der Waals surface area contributed by atoms with Gasteiger partial charge in [-0.3, -0.25) is 0 Å². The van der Waals surface area contributed by atoms with Crippen molar-refractivity contribution in [3.05, 3.63) is 18.1 Å². The molecule has 2 aromatic heterocycles. The normalized spacial score (nSPS) is 30.3. The van der Waals surface area contributed by atoms with Crippen molar-refractivity contribution >= 4 is 11.3 Å². The highest BCUT2D eigenvalue weighted by atomic mass is 16.3. The molecule has 1 N–H and O–H groups in total. The number of aliphatic hydroxyl groups excluding tert-OH is 1. The Balaban J connectivity index is 1.62. The number of likely N-dealkylation sites (N-methyl/N-ethyl adjacent to an activating group) is 1. The van der Waals surface area contributed by atoms with Crippen LogP contribution in [0.2, 0.25) is 0 Å². The largest absolute Gasteiger partial charge is 0.391 e. The zero-order chi connectivity index (χ0) is 16.8. The van der Waals surface area contributed by atoms with Crippen LogP contribution in [0.5, 0.6) is 0 Å². The summed E-state index contributed by atoms with van der Waals surface area (Å²) in [6.45, 7) is 4.12. The number of anilines is 1. The molecule has 0 radical (unpaired) electrons. The first-order chi connectivity index (χ1) is 11.6. The molecule has 4 atom stereocenters. The van der Waals surface area contributed by atoms with Crippen LogP contribution in [0.25, 0.3) is 5.65 Å². The molecule has 2 aliphatic rings. The molecular weight excluding hydrogens is 304 g/mol. The van der Waals surface area contributed by atoms with Gasteiger partial charge in [-0.15, -0.1) is 10.2 Å². The maximum absolute atomic E-state index is 10.5. The first-order valence-electron chi connectivity index (χ1n) is 8.86. The average molecular weight is 330 g/mol. The van der Waals surface area contributed by atoms with E-state index in [1.807, 2.05) is 0 Å². The Morgan fingerprint density at radius 2 is 2.00 bits per heavy atom. The fourth-order valence-corrected chi connectivity index (χ4v) is 4.43. The molecular formula is C17H26N6O. The molecule has 130 valence electrons. The molecule has 1 saturated carbocycles. The number of aromatic nitrogens is 4. The molecule has 0 amide bonds. The summed E-state index contributed by atoms with van der Waals surface area (Å²) in [5, 5.41) is 23.3. The Bertz CT molecular complexity index is 729.